The van der Waals surface area contributed by atoms with Crippen LogP contribution in [-0.2, 0) is 0 Å². The Bertz CT molecular complexity index is 1580. The number of hydrogen-bond donors (Lipinski definition) is 3. The van der Waals surface area contributed by atoms with Crippen LogP contribution in [0.1, 0.15) is 0 Å². The molecule has 4 rings (SSSR count). The summed E-state index contributed by atoms with van der Waals surface area (Å²) in [4.78, 5) is 13.5. The van der Waals surface area contributed by atoms with Gasteiger partial charge >= 0.3 is 0 Å². The number of hydrogen-bond acceptors (Lipinski definition) is 9. The molecule has 0 aliphatic heterocycles. The number of para-hydroxylation sites is 2. The minimum Gasteiger partial charge on any atom is -0.507 e. The van der Waals surface area contributed by atoms with Gasteiger partial charge in [0.1, 0.15) is 42.6 Å². The van der Waals surface area contributed by atoms with Crippen molar-refractivity contribution in [2.75, 3.05) is 19.8 Å². The second-order valence-corrected chi connectivity index (χ2v) is 7.75. The van der Waals surface area contributed by atoms with Crippen LogP contribution in [0.3, 0.4) is 0 Å². The minimum atomic E-state index is -0.361. The third-order valence-corrected chi connectivity index (χ3v) is 5.24. The molecule has 9 heteroatoms. The zero-order valence-corrected chi connectivity index (χ0v) is 20.5. The monoisotopic (exact) mass is 519 g/mol. The van der Waals surface area contributed by atoms with E-state index in [1.165, 1.54) is 18.2 Å². The lowest BCUT2D eigenvalue weighted by molar-refractivity contribution is 0.284. The van der Waals surface area contributed by atoms with E-state index in [1.807, 2.05) is 0 Å². The van der Waals surface area contributed by atoms with Gasteiger partial charge in [-0.2, -0.15) is 0 Å². The number of aromatic nitrogens is 3. The van der Waals surface area contributed by atoms with E-state index in [0.717, 1.165) is 0 Å². The minimum absolute atomic E-state index is 0.0138. The maximum Gasteiger partial charge on any atom is 0.205 e. The van der Waals surface area contributed by atoms with Crippen LogP contribution in [0.15, 0.2) is 54.6 Å². The van der Waals surface area contributed by atoms with Crippen molar-refractivity contribution in [1.82, 2.24) is 15.0 Å². The Balaban J connectivity index is 2.05. The predicted molar refractivity (Wildman–Crippen MR) is 144 cm³/mol. The van der Waals surface area contributed by atoms with Crippen molar-refractivity contribution < 1.29 is 29.5 Å². The van der Waals surface area contributed by atoms with Gasteiger partial charge in [-0.3, -0.25) is 0 Å². The van der Waals surface area contributed by atoms with E-state index in [2.05, 4.69) is 32.7 Å². The van der Waals surface area contributed by atoms with Gasteiger partial charge in [-0.25, -0.2) is 15.0 Å². The second kappa shape index (κ2) is 11.9. The van der Waals surface area contributed by atoms with E-state index in [9.17, 15) is 15.3 Å². The van der Waals surface area contributed by atoms with Gasteiger partial charge in [-0.05, 0) is 24.3 Å². The first kappa shape index (κ1) is 26.2. The maximum atomic E-state index is 11.1. The molecule has 3 N–H and O–H groups in total. The molecule has 0 amide bonds. The molecule has 0 spiro atoms. The van der Waals surface area contributed by atoms with Crippen LogP contribution in [0.4, 0.5) is 0 Å². The Kier molecular flexibility index (Phi) is 8.02. The molecule has 9 nitrogen and oxygen atoms in total. The summed E-state index contributed by atoms with van der Waals surface area (Å²) >= 11 is 0. The van der Waals surface area contributed by atoms with Gasteiger partial charge in [0.25, 0.3) is 0 Å². The SMILES string of the molecule is C#CCOc1cc(O)c(-c2nc(-c3ccccc3O)nc(-c3ccccc3O)n2)c(OCC#C)c1OCC#C. The Morgan fingerprint density at radius 3 is 1.56 bits per heavy atom. The number of benzene rings is 3. The van der Waals surface area contributed by atoms with E-state index in [0.29, 0.717) is 0 Å². The predicted octanol–water partition coefficient (Wildman–Crippen LogP) is 4.03. The molecule has 1 aromatic heterocycles. The van der Waals surface area contributed by atoms with Gasteiger partial charge in [0.15, 0.2) is 29.0 Å². The smallest absolute Gasteiger partial charge is 0.205 e. The van der Waals surface area contributed by atoms with E-state index in [1.54, 1.807) is 36.4 Å². The van der Waals surface area contributed by atoms with E-state index >= 15 is 0 Å². The Labute approximate surface area is 224 Å². The Morgan fingerprint density at radius 1 is 0.590 bits per heavy atom. The van der Waals surface area contributed by atoms with Crippen molar-refractivity contribution in [3.05, 3.63) is 54.6 Å². The zero-order chi connectivity index (χ0) is 27.8. The van der Waals surface area contributed by atoms with Crippen molar-refractivity contribution in [3.8, 4) is 106 Å². The molecule has 4 aromatic rings. The van der Waals surface area contributed by atoms with Gasteiger partial charge in [0.05, 0.1) is 11.1 Å². The molecule has 39 heavy (non-hydrogen) atoms. The number of phenolic OH excluding ortho intramolecular Hbond substituents is 3. The molecular formula is C30H21N3O6. The van der Waals surface area contributed by atoms with E-state index in [4.69, 9.17) is 33.5 Å². The average Bonchev–Trinajstić information content (AvgIpc) is 2.94. The zero-order valence-electron chi connectivity index (χ0n) is 20.5. The maximum absolute atomic E-state index is 11.1. The quantitative estimate of drug-likeness (QED) is 0.281. The fourth-order valence-electron chi connectivity index (χ4n) is 3.60. The largest absolute Gasteiger partial charge is 0.507 e. The fraction of sp³-hybridized carbons (Fsp3) is 0.100. The third kappa shape index (κ3) is 5.61. The van der Waals surface area contributed by atoms with Crippen LogP contribution in [0.2, 0.25) is 0 Å². The van der Waals surface area contributed by atoms with E-state index in [-0.39, 0.29) is 88.5 Å². The number of ether oxygens (including phenoxy) is 3. The van der Waals surface area contributed by atoms with E-state index < -0.39 is 0 Å². The summed E-state index contributed by atoms with van der Waals surface area (Å²) in [5.41, 5.74) is 0.531. The summed E-state index contributed by atoms with van der Waals surface area (Å²) in [6.07, 6.45) is 16.2. The van der Waals surface area contributed by atoms with Gasteiger partial charge in [0.2, 0.25) is 5.75 Å². The first-order valence-corrected chi connectivity index (χ1v) is 11.4. The molecule has 0 atom stereocenters. The molecular weight excluding hydrogens is 498 g/mol. The lowest BCUT2D eigenvalue weighted by atomic mass is 10.1. The number of nitrogens with zero attached hydrogens (tertiary/aromatic N) is 3. The summed E-state index contributed by atoms with van der Waals surface area (Å²) in [6.45, 7) is -0.534. The molecule has 3 aromatic carbocycles. The fourth-order valence-corrected chi connectivity index (χ4v) is 3.60. The third-order valence-electron chi connectivity index (χ3n) is 5.24. The van der Waals surface area contributed by atoms with Crippen LogP contribution in [-0.4, -0.2) is 50.1 Å². The summed E-state index contributed by atoms with van der Waals surface area (Å²) < 4.78 is 17.1. The van der Waals surface area contributed by atoms with Gasteiger partial charge in [0, 0.05) is 6.07 Å². The summed E-state index contributed by atoms with van der Waals surface area (Å²) in [5.74, 6) is 6.52. The van der Waals surface area contributed by atoms with Crippen LogP contribution < -0.4 is 14.2 Å². The van der Waals surface area contributed by atoms with Crippen molar-refractivity contribution >= 4 is 0 Å². The Hall–Kier alpha value is -5.85. The van der Waals surface area contributed by atoms with Crippen molar-refractivity contribution in [2.45, 2.75) is 0 Å². The highest BCUT2D eigenvalue weighted by atomic mass is 16.5. The highest BCUT2D eigenvalue weighted by Gasteiger charge is 2.27. The second-order valence-electron chi connectivity index (χ2n) is 7.75. The molecule has 0 unspecified atom stereocenters. The van der Waals surface area contributed by atoms with Gasteiger partial charge in [-0.1, -0.05) is 42.0 Å². The highest BCUT2D eigenvalue weighted by Crippen LogP contribution is 2.49. The molecule has 0 fully saturated rings. The van der Waals surface area contributed by atoms with Crippen molar-refractivity contribution in [3.63, 3.8) is 0 Å². The molecule has 0 saturated heterocycles. The van der Waals surface area contributed by atoms with Crippen molar-refractivity contribution in [1.29, 1.82) is 0 Å². The number of phenols is 3. The summed E-state index contributed by atoms with van der Waals surface area (Å²) in [5, 5.41) is 32.2. The van der Waals surface area contributed by atoms with Crippen LogP contribution in [0.25, 0.3) is 34.2 Å². The molecule has 192 valence electrons. The topological polar surface area (TPSA) is 127 Å². The molecule has 0 aliphatic carbocycles. The standard InChI is InChI=1S/C30H21N3O6/c1-4-15-37-24-18-23(36)25(27(39-17-6-3)26(24)38-16-5-2)30-32-28(19-11-7-9-13-21(19)34)31-29(33-30)20-12-8-10-14-22(20)35/h1-3,7-14,18,34-36H,15-17H2. The number of terminal acetylenes is 3. The van der Waals surface area contributed by atoms with Gasteiger partial charge < -0.3 is 29.5 Å². The van der Waals surface area contributed by atoms with Crippen LogP contribution >= 0.6 is 0 Å². The molecule has 0 saturated carbocycles. The normalized spacial score (nSPS) is 10.1. The first-order valence-electron chi connectivity index (χ1n) is 11.4. The van der Waals surface area contributed by atoms with Crippen molar-refractivity contribution in [2.24, 2.45) is 0 Å². The molecule has 1 heterocycles. The van der Waals surface area contributed by atoms with Crippen LogP contribution in [0.5, 0.6) is 34.5 Å². The van der Waals surface area contributed by atoms with Gasteiger partial charge in [-0.15, -0.1) is 19.3 Å². The average molecular weight is 520 g/mol. The Morgan fingerprint density at radius 2 is 1.05 bits per heavy atom. The highest BCUT2D eigenvalue weighted by molar-refractivity contribution is 5.81. The number of aromatic hydroxyl groups is 3. The summed E-state index contributed by atoms with van der Waals surface area (Å²) in [6, 6.07) is 14.1. The number of rotatable bonds is 9. The van der Waals surface area contributed by atoms with Crippen LogP contribution in [0, 0.1) is 37.0 Å². The first-order chi connectivity index (χ1) is 19.0. The summed E-state index contributed by atoms with van der Waals surface area (Å²) in [7, 11) is 0. The molecule has 0 aliphatic rings. The lowest BCUT2D eigenvalue weighted by Crippen LogP contribution is -2.07. The molecule has 0 bridgehead atoms. The molecule has 0 radical (unpaired) electrons. The lowest BCUT2D eigenvalue weighted by Gasteiger charge is -2.19.